The van der Waals surface area contributed by atoms with E-state index in [1.165, 1.54) is 0 Å². The highest BCUT2D eigenvalue weighted by molar-refractivity contribution is 5.82. The van der Waals surface area contributed by atoms with Crippen LogP contribution in [0, 0.1) is 11.8 Å². The molecule has 0 aromatic rings. The molecule has 1 heterocycles. The summed E-state index contributed by atoms with van der Waals surface area (Å²) in [6.45, 7) is 2.46. The maximum absolute atomic E-state index is 12.1. The van der Waals surface area contributed by atoms with Crippen LogP contribution in [-0.2, 0) is 9.59 Å². The van der Waals surface area contributed by atoms with E-state index >= 15 is 0 Å². The van der Waals surface area contributed by atoms with Gasteiger partial charge in [-0.2, -0.15) is 0 Å². The van der Waals surface area contributed by atoms with Crippen LogP contribution in [0.1, 0.15) is 51.4 Å². The Labute approximate surface area is 127 Å². The second-order valence-corrected chi connectivity index (χ2v) is 6.30. The van der Waals surface area contributed by atoms with E-state index in [0.717, 1.165) is 71.0 Å². The van der Waals surface area contributed by atoms with Crippen molar-refractivity contribution in [3.05, 3.63) is 0 Å². The Bertz CT molecular complexity index is 347. The summed E-state index contributed by atoms with van der Waals surface area (Å²) in [4.78, 5) is 25.9. The van der Waals surface area contributed by atoms with E-state index in [4.69, 9.17) is 5.11 Å². The fourth-order valence-electron chi connectivity index (χ4n) is 2.90. The molecule has 1 aliphatic heterocycles. The van der Waals surface area contributed by atoms with Crippen LogP contribution in [0.25, 0.3) is 0 Å². The van der Waals surface area contributed by atoms with E-state index in [1.54, 1.807) is 0 Å². The highest BCUT2D eigenvalue weighted by atomic mass is 16.3. The summed E-state index contributed by atoms with van der Waals surface area (Å²) in [5.41, 5.74) is 0. The summed E-state index contributed by atoms with van der Waals surface area (Å²) in [6.07, 6.45) is 7.60. The van der Waals surface area contributed by atoms with E-state index in [2.05, 4.69) is 5.32 Å². The Morgan fingerprint density at radius 2 is 1.62 bits per heavy atom. The van der Waals surface area contributed by atoms with Gasteiger partial charge in [-0.3, -0.25) is 9.59 Å². The van der Waals surface area contributed by atoms with Crippen molar-refractivity contribution in [3.63, 3.8) is 0 Å². The third-order valence-corrected chi connectivity index (χ3v) is 4.49. The van der Waals surface area contributed by atoms with Crippen molar-refractivity contribution in [3.8, 4) is 0 Å². The molecule has 1 saturated heterocycles. The smallest absolute Gasteiger partial charge is 0.225 e. The summed E-state index contributed by atoms with van der Waals surface area (Å²) in [5, 5.41) is 11.7. The average molecular weight is 296 g/mol. The van der Waals surface area contributed by atoms with Crippen LogP contribution in [0.15, 0.2) is 0 Å². The van der Waals surface area contributed by atoms with Crippen molar-refractivity contribution in [2.45, 2.75) is 51.4 Å². The number of carbonyl (C=O) groups excluding carboxylic acids is 2. The van der Waals surface area contributed by atoms with E-state index in [-0.39, 0.29) is 24.3 Å². The Morgan fingerprint density at radius 1 is 0.952 bits per heavy atom. The monoisotopic (exact) mass is 296 g/mol. The number of unbranched alkanes of at least 4 members (excludes halogenated alkanes) is 3. The predicted octanol–water partition coefficient (Wildman–Crippen LogP) is 1.30. The van der Waals surface area contributed by atoms with E-state index < -0.39 is 0 Å². The van der Waals surface area contributed by atoms with Gasteiger partial charge in [-0.15, -0.1) is 0 Å². The quantitative estimate of drug-likeness (QED) is 0.663. The highest BCUT2D eigenvalue weighted by Crippen LogP contribution is 2.32. The molecule has 120 valence electrons. The average Bonchev–Trinajstić information content (AvgIpc) is 3.35. The molecule has 0 spiro atoms. The zero-order valence-electron chi connectivity index (χ0n) is 12.9. The lowest BCUT2D eigenvalue weighted by Gasteiger charge is -2.31. The van der Waals surface area contributed by atoms with Gasteiger partial charge in [0.15, 0.2) is 0 Å². The summed E-state index contributed by atoms with van der Waals surface area (Å²) >= 11 is 0. The molecule has 0 radical (unpaired) electrons. The van der Waals surface area contributed by atoms with Gasteiger partial charge in [0.05, 0.1) is 0 Å². The van der Waals surface area contributed by atoms with Gasteiger partial charge in [0.1, 0.15) is 0 Å². The summed E-state index contributed by atoms with van der Waals surface area (Å²) in [7, 11) is 0. The van der Waals surface area contributed by atoms with Gasteiger partial charge in [0.2, 0.25) is 11.8 Å². The number of carbonyl (C=O) groups is 2. The van der Waals surface area contributed by atoms with Crippen molar-refractivity contribution in [1.82, 2.24) is 10.2 Å². The number of nitrogens with zero attached hydrogens (tertiary/aromatic N) is 1. The Morgan fingerprint density at radius 3 is 2.24 bits per heavy atom. The topological polar surface area (TPSA) is 69.6 Å². The lowest BCUT2D eigenvalue weighted by Crippen LogP contribution is -2.43. The Balaban J connectivity index is 1.56. The van der Waals surface area contributed by atoms with Crippen LogP contribution in [0.4, 0.5) is 0 Å². The SMILES string of the molecule is O=C(NCCCCCCO)C1CCN(C(=O)C2CC2)CC1. The second-order valence-electron chi connectivity index (χ2n) is 6.30. The number of hydrogen-bond donors (Lipinski definition) is 2. The van der Waals surface area contributed by atoms with Gasteiger partial charge in [-0.05, 0) is 38.5 Å². The maximum atomic E-state index is 12.1. The largest absolute Gasteiger partial charge is 0.396 e. The van der Waals surface area contributed by atoms with E-state index in [0.29, 0.717) is 5.91 Å². The molecule has 2 amide bonds. The van der Waals surface area contributed by atoms with Crippen molar-refractivity contribution < 1.29 is 14.7 Å². The molecule has 5 nitrogen and oxygen atoms in total. The molecule has 2 N–H and O–H groups in total. The van der Waals surface area contributed by atoms with E-state index in [1.807, 2.05) is 4.90 Å². The zero-order chi connectivity index (χ0) is 15.1. The van der Waals surface area contributed by atoms with Gasteiger partial charge in [0, 0.05) is 38.1 Å². The standard InChI is InChI=1S/C16H28N2O3/c19-12-4-2-1-3-9-17-15(20)13-7-10-18(11-8-13)16(21)14-5-6-14/h13-14,19H,1-12H2,(H,17,20). The first-order valence-electron chi connectivity index (χ1n) is 8.39. The van der Waals surface area contributed by atoms with Crippen molar-refractivity contribution >= 4 is 11.8 Å². The first-order chi connectivity index (χ1) is 10.2. The van der Waals surface area contributed by atoms with Gasteiger partial charge in [0.25, 0.3) is 0 Å². The fourth-order valence-corrected chi connectivity index (χ4v) is 2.90. The normalized spacial score (nSPS) is 19.6. The molecule has 0 bridgehead atoms. The number of piperidine rings is 1. The van der Waals surface area contributed by atoms with Crippen LogP contribution >= 0.6 is 0 Å². The molecular formula is C16H28N2O3. The molecule has 1 aliphatic carbocycles. The molecule has 1 saturated carbocycles. The third-order valence-electron chi connectivity index (χ3n) is 4.49. The van der Waals surface area contributed by atoms with Crippen molar-refractivity contribution in [1.29, 1.82) is 0 Å². The maximum Gasteiger partial charge on any atom is 0.225 e. The summed E-state index contributed by atoms with van der Waals surface area (Å²) in [5.74, 6) is 0.813. The van der Waals surface area contributed by atoms with Crippen LogP contribution in [0.5, 0.6) is 0 Å². The van der Waals surface area contributed by atoms with Gasteiger partial charge >= 0.3 is 0 Å². The Kier molecular flexibility index (Phi) is 6.49. The van der Waals surface area contributed by atoms with Crippen LogP contribution in [0.2, 0.25) is 0 Å². The molecule has 0 unspecified atom stereocenters. The number of likely N-dealkylation sites (tertiary alicyclic amines) is 1. The molecule has 0 atom stereocenters. The van der Waals surface area contributed by atoms with Gasteiger partial charge < -0.3 is 15.3 Å². The minimum Gasteiger partial charge on any atom is -0.396 e. The lowest BCUT2D eigenvalue weighted by atomic mass is 9.95. The number of aliphatic hydroxyl groups excluding tert-OH is 1. The lowest BCUT2D eigenvalue weighted by molar-refractivity contribution is -0.136. The summed E-state index contributed by atoms with van der Waals surface area (Å²) < 4.78 is 0. The van der Waals surface area contributed by atoms with Crippen molar-refractivity contribution in [2.75, 3.05) is 26.2 Å². The Hall–Kier alpha value is -1.10. The van der Waals surface area contributed by atoms with Crippen molar-refractivity contribution in [2.24, 2.45) is 11.8 Å². The number of nitrogens with one attached hydrogen (secondary N) is 1. The number of amides is 2. The van der Waals surface area contributed by atoms with Crippen LogP contribution in [-0.4, -0.2) is 48.1 Å². The third kappa shape index (κ3) is 5.30. The minimum atomic E-state index is 0.0747. The first kappa shape index (κ1) is 16.3. The zero-order valence-corrected chi connectivity index (χ0v) is 12.9. The number of hydrogen-bond acceptors (Lipinski definition) is 3. The molecule has 5 heteroatoms. The second kappa shape index (κ2) is 8.37. The fraction of sp³-hybridized carbons (Fsp3) is 0.875. The molecular weight excluding hydrogens is 268 g/mol. The van der Waals surface area contributed by atoms with E-state index in [9.17, 15) is 9.59 Å². The summed E-state index contributed by atoms with van der Waals surface area (Å²) in [6, 6.07) is 0. The van der Waals surface area contributed by atoms with Crippen LogP contribution in [0.3, 0.4) is 0 Å². The van der Waals surface area contributed by atoms with Crippen LogP contribution < -0.4 is 5.32 Å². The van der Waals surface area contributed by atoms with Gasteiger partial charge in [-0.25, -0.2) is 0 Å². The number of aliphatic hydroxyl groups is 1. The first-order valence-corrected chi connectivity index (χ1v) is 8.39. The minimum absolute atomic E-state index is 0.0747. The van der Waals surface area contributed by atoms with Gasteiger partial charge in [-0.1, -0.05) is 12.8 Å². The molecule has 2 rings (SSSR count). The molecule has 2 aliphatic rings. The molecule has 0 aromatic carbocycles. The molecule has 0 aromatic heterocycles. The molecule has 2 fully saturated rings. The molecule has 21 heavy (non-hydrogen) atoms. The predicted molar refractivity (Wildman–Crippen MR) is 80.6 cm³/mol. The highest BCUT2D eigenvalue weighted by Gasteiger charge is 2.35. The number of rotatable bonds is 8.